The van der Waals surface area contributed by atoms with Gasteiger partial charge < -0.3 is 15.2 Å². The largest absolute Gasteiger partial charge is 0.497 e. The van der Waals surface area contributed by atoms with Crippen molar-refractivity contribution < 1.29 is 19.4 Å². The third kappa shape index (κ3) is 3.95. The summed E-state index contributed by atoms with van der Waals surface area (Å²) < 4.78 is 4.95. The van der Waals surface area contributed by atoms with Gasteiger partial charge in [-0.3, -0.25) is 9.59 Å². The Labute approximate surface area is 92.3 Å². The molecule has 0 aromatic carbocycles. The second-order valence-corrected chi connectivity index (χ2v) is 3.02. The molecule has 0 atom stereocenters. The molecular formula is C10H12N2O4. The maximum atomic E-state index is 11.3. The fourth-order valence-corrected chi connectivity index (χ4v) is 1.03. The average molecular weight is 224 g/mol. The van der Waals surface area contributed by atoms with Crippen LogP contribution in [0.1, 0.15) is 12.8 Å². The third-order valence-corrected chi connectivity index (χ3v) is 1.80. The fraction of sp³-hybridized carbons (Fsp3) is 0.300. The molecule has 0 bridgehead atoms. The lowest BCUT2D eigenvalue weighted by Crippen LogP contribution is -2.14. The van der Waals surface area contributed by atoms with Crippen molar-refractivity contribution in [1.29, 1.82) is 0 Å². The number of aliphatic carboxylic acids is 1. The average Bonchev–Trinajstić information content (AvgIpc) is 2.26. The molecule has 0 aliphatic carbocycles. The van der Waals surface area contributed by atoms with Crippen LogP contribution in [0.2, 0.25) is 0 Å². The van der Waals surface area contributed by atoms with Gasteiger partial charge in [0.1, 0.15) is 11.6 Å². The Morgan fingerprint density at radius 3 is 2.88 bits per heavy atom. The van der Waals surface area contributed by atoms with Crippen molar-refractivity contribution in [1.82, 2.24) is 4.98 Å². The van der Waals surface area contributed by atoms with Gasteiger partial charge in [0.05, 0.1) is 13.5 Å². The van der Waals surface area contributed by atoms with E-state index in [9.17, 15) is 9.59 Å². The zero-order valence-corrected chi connectivity index (χ0v) is 8.77. The molecule has 0 spiro atoms. The summed E-state index contributed by atoms with van der Waals surface area (Å²) in [4.78, 5) is 25.4. The highest BCUT2D eigenvalue weighted by Crippen LogP contribution is 2.13. The first-order valence-corrected chi connectivity index (χ1v) is 4.63. The minimum Gasteiger partial charge on any atom is -0.497 e. The number of hydrogen-bond donors (Lipinski definition) is 2. The molecule has 1 aromatic heterocycles. The van der Waals surface area contributed by atoms with Crippen LogP contribution in [0.5, 0.6) is 5.75 Å². The minimum absolute atomic E-state index is 0.0752. The van der Waals surface area contributed by atoms with Gasteiger partial charge in [0.2, 0.25) is 5.91 Å². The van der Waals surface area contributed by atoms with E-state index < -0.39 is 5.97 Å². The van der Waals surface area contributed by atoms with Crippen molar-refractivity contribution in [2.24, 2.45) is 0 Å². The lowest BCUT2D eigenvalue weighted by atomic mass is 10.3. The van der Waals surface area contributed by atoms with Gasteiger partial charge in [0, 0.05) is 18.7 Å². The van der Waals surface area contributed by atoms with Crippen LogP contribution in [-0.4, -0.2) is 29.1 Å². The number of anilines is 1. The smallest absolute Gasteiger partial charge is 0.303 e. The van der Waals surface area contributed by atoms with Crippen LogP contribution in [0.25, 0.3) is 0 Å². The summed E-state index contributed by atoms with van der Waals surface area (Å²) >= 11 is 0. The Kier molecular flexibility index (Phi) is 4.26. The molecular weight excluding hydrogens is 212 g/mol. The Bertz CT molecular complexity index is 392. The molecule has 0 radical (unpaired) electrons. The van der Waals surface area contributed by atoms with Crippen LogP contribution in [0.4, 0.5) is 5.82 Å². The van der Waals surface area contributed by atoms with Gasteiger partial charge in [-0.05, 0) is 6.07 Å². The highest BCUT2D eigenvalue weighted by atomic mass is 16.5. The van der Waals surface area contributed by atoms with Crippen LogP contribution in [0.15, 0.2) is 18.3 Å². The first-order valence-electron chi connectivity index (χ1n) is 4.63. The molecule has 6 nitrogen and oxygen atoms in total. The van der Waals surface area contributed by atoms with Gasteiger partial charge in [0.15, 0.2) is 0 Å². The number of carbonyl (C=O) groups excluding carboxylic acids is 1. The van der Waals surface area contributed by atoms with E-state index in [0.717, 1.165) is 0 Å². The van der Waals surface area contributed by atoms with Gasteiger partial charge >= 0.3 is 5.97 Å². The van der Waals surface area contributed by atoms with Crippen LogP contribution in [0, 0.1) is 0 Å². The maximum absolute atomic E-state index is 11.3. The van der Waals surface area contributed by atoms with E-state index in [0.29, 0.717) is 11.6 Å². The van der Waals surface area contributed by atoms with E-state index in [1.165, 1.54) is 13.3 Å². The lowest BCUT2D eigenvalue weighted by molar-refractivity contribution is -0.138. The third-order valence-electron chi connectivity index (χ3n) is 1.80. The summed E-state index contributed by atoms with van der Waals surface area (Å²) in [5, 5.41) is 10.9. The summed E-state index contributed by atoms with van der Waals surface area (Å²) in [7, 11) is 1.51. The molecule has 0 saturated heterocycles. The van der Waals surface area contributed by atoms with Crippen molar-refractivity contribution in [3.8, 4) is 5.75 Å². The van der Waals surface area contributed by atoms with E-state index in [2.05, 4.69) is 10.3 Å². The number of aromatic nitrogens is 1. The zero-order valence-electron chi connectivity index (χ0n) is 8.77. The van der Waals surface area contributed by atoms with Crippen molar-refractivity contribution in [2.45, 2.75) is 12.8 Å². The number of hydrogen-bond acceptors (Lipinski definition) is 4. The first-order chi connectivity index (χ1) is 7.61. The van der Waals surface area contributed by atoms with E-state index in [-0.39, 0.29) is 18.7 Å². The molecule has 86 valence electrons. The number of nitrogens with zero attached hydrogens (tertiary/aromatic N) is 1. The highest BCUT2D eigenvalue weighted by molar-refractivity contribution is 5.91. The van der Waals surface area contributed by atoms with Crippen molar-refractivity contribution in [3.63, 3.8) is 0 Å². The number of pyridine rings is 1. The number of ether oxygens (including phenoxy) is 1. The Hall–Kier alpha value is -2.11. The van der Waals surface area contributed by atoms with E-state index >= 15 is 0 Å². The number of nitrogens with one attached hydrogen (secondary N) is 1. The van der Waals surface area contributed by atoms with Gasteiger partial charge in [0.25, 0.3) is 0 Å². The number of methoxy groups -OCH3 is 1. The Morgan fingerprint density at radius 1 is 1.50 bits per heavy atom. The lowest BCUT2D eigenvalue weighted by Gasteiger charge is -2.04. The van der Waals surface area contributed by atoms with Gasteiger partial charge in [-0.15, -0.1) is 0 Å². The van der Waals surface area contributed by atoms with Crippen LogP contribution in [-0.2, 0) is 9.59 Å². The molecule has 0 aliphatic heterocycles. The SMILES string of the molecule is COc1ccnc(NC(=O)CCC(=O)O)c1. The molecule has 0 saturated carbocycles. The zero-order chi connectivity index (χ0) is 12.0. The van der Waals surface area contributed by atoms with Gasteiger partial charge in [-0.25, -0.2) is 4.98 Å². The maximum Gasteiger partial charge on any atom is 0.303 e. The monoisotopic (exact) mass is 224 g/mol. The number of carboxylic acids is 1. The van der Waals surface area contributed by atoms with Crippen molar-refractivity contribution >= 4 is 17.7 Å². The van der Waals surface area contributed by atoms with E-state index in [4.69, 9.17) is 9.84 Å². The van der Waals surface area contributed by atoms with Gasteiger partial charge in [-0.1, -0.05) is 0 Å². The molecule has 1 rings (SSSR count). The Morgan fingerprint density at radius 2 is 2.25 bits per heavy atom. The number of rotatable bonds is 5. The molecule has 1 heterocycles. The number of amides is 1. The standard InChI is InChI=1S/C10H12N2O4/c1-16-7-4-5-11-8(6-7)12-9(13)2-3-10(14)15/h4-6H,2-3H2,1H3,(H,14,15)(H,11,12,13). The highest BCUT2D eigenvalue weighted by Gasteiger charge is 2.06. The number of carboxylic acid groups (broad SMARTS) is 1. The molecule has 0 unspecified atom stereocenters. The van der Waals surface area contributed by atoms with Crippen LogP contribution >= 0.6 is 0 Å². The van der Waals surface area contributed by atoms with E-state index in [1.807, 2.05) is 0 Å². The first kappa shape index (κ1) is 12.0. The minimum atomic E-state index is -1.01. The van der Waals surface area contributed by atoms with Crippen LogP contribution in [0.3, 0.4) is 0 Å². The summed E-state index contributed by atoms with van der Waals surface area (Å²) in [5.41, 5.74) is 0. The summed E-state index contributed by atoms with van der Waals surface area (Å²) in [6.45, 7) is 0. The predicted molar refractivity (Wildman–Crippen MR) is 56.3 cm³/mol. The Balaban J connectivity index is 2.52. The quantitative estimate of drug-likeness (QED) is 0.775. The summed E-state index contributed by atoms with van der Waals surface area (Å²) in [5.74, 6) is -0.477. The molecule has 0 fully saturated rings. The molecule has 6 heteroatoms. The molecule has 16 heavy (non-hydrogen) atoms. The molecule has 0 aliphatic rings. The molecule has 1 aromatic rings. The van der Waals surface area contributed by atoms with E-state index in [1.54, 1.807) is 12.1 Å². The molecule has 2 N–H and O–H groups in total. The van der Waals surface area contributed by atoms with Crippen molar-refractivity contribution in [2.75, 3.05) is 12.4 Å². The summed E-state index contributed by atoms with van der Waals surface area (Å²) in [6.07, 6.45) is 1.22. The second-order valence-electron chi connectivity index (χ2n) is 3.02. The van der Waals surface area contributed by atoms with Crippen LogP contribution < -0.4 is 10.1 Å². The predicted octanol–water partition coefficient (Wildman–Crippen LogP) is 0.893. The fourth-order valence-electron chi connectivity index (χ4n) is 1.03. The second kappa shape index (κ2) is 5.69. The topological polar surface area (TPSA) is 88.5 Å². The van der Waals surface area contributed by atoms with Gasteiger partial charge in [-0.2, -0.15) is 0 Å². The number of carbonyl (C=O) groups is 2. The molecule has 1 amide bonds. The normalized spacial score (nSPS) is 9.56. The summed E-state index contributed by atoms with van der Waals surface area (Å²) in [6, 6.07) is 3.20. The van der Waals surface area contributed by atoms with Crippen molar-refractivity contribution in [3.05, 3.63) is 18.3 Å².